The van der Waals surface area contributed by atoms with Gasteiger partial charge in [0, 0.05) is 11.1 Å². The van der Waals surface area contributed by atoms with Gasteiger partial charge in [0.1, 0.15) is 12.4 Å². The number of ether oxygens (including phenoxy) is 1. The van der Waals surface area contributed by atoms with Gasteiger partial charge in [-0.05, 0) is 6.92 Å². The molecule has 0 fully saturated rings. The number of carbonyl (C=O) groups excluding carboxylic acids is 2. The van der Waals surface area contributed by atoms with Crippen LogP contribution >= 0.6 is 0 Å². The van der Waals surface area contributed by atoms with Crippen LogP contribution in [0.1, 0.15) is 27.4 Å². The summed E-state index contributed by atoms with van der Waals surface area (Å²) in [7, 11) is 0. The summed E-state index contributed by atoms with van der Waals surface area (Å²) in [6.45, 7) is 2.12. The average molecular weight is 295 g/mol. The number of nitrogens with one attached hydrogen (secondary N) is 2. The normalized spacial score (nSPS) is 19.3. The van der Waals surface area contributed by atoms with E-state index in [4.69, 9.17) is 4.74 Å². The van der Waals surface area contributed by atoms with Gasteiger partial charge in [0.15, 0.2) is 5.78 Å². The molecule has 2 N–H and O–H groups in total. The van der Waals surface area contributed by atoms with Crippen molar-refractivity contribution in [3.63, 3.8) is 0 Å². The number of Topliss-reactive ketones (excluding diaryl/α,β-unsaturated/α-hetero) is 1. The number of aromatic nitrogens is 2. The number of rotatable bonds is 2. The Morgan fingerprint density at radius 2 is 2.09 bits per heavy atom. The van der Waals surface area contributed by atoms with Crippen LogP contribution in [0.4, 0.5) is 5.82 Å². The van der Waals surface area contributed by atoms with Crippen molar-refractivity contribution in [2.75, 3.05) is 11.9 Å². The number of esters is 1. The van der Waals surface area contributed by atoms with Crippen LogP contribution in [-0.2, 0) is 9.53 Å². The molecule has 6 heteroatoms. The molecule has 1 aromatic heterocycles. The molecular weight excluding hydrogens is 282 g/mol. The second-order valence-electron chi connectivity index (χ2n) is 5.46. The maximum atomic E-state index is 12.9. The van der Waals surface area contributed by atoms with Gasteiger partial charge in [-0.25, -0.2) is 4.79 Å². The highest BCUT2D eigenvalue weighted by Crippen LogP contribution is 2.41. The third-order valence-corrected chi connectivity index (χ3v) is 4.04. The predicted molar refractivity (Wildman–Crippen MR) is 78.4 cm³/mol. The zero-order valence-corrected chi connectivity index (χ0v) is 11.8. The molecule has 2 aliphatic rings. The fourth-order valence-corrected chi connectivity index (χ4v) is 2.89. The zero-order valence-electron chi connectivity index (χ0n) is 11.8. The lowest BCUT2D eigenvalue weighted by molar-refractivity contribution is -0.136. The molecule has 110 valence electrons. The molecule has 2 aliphatic heterocycles. The summed E-state index contributed by atoms with van der Waals surface area (Å²) < 4.78 is 5.07. The topological polar surface area (TPSA) is 84.1 Å². The lowest BCUT2D eigenvalue weighted by atomic mass is 9.83. The molecule has 4 rings (SSSR count). The van der Waals surface area contributed by atoms with Gasteiger partial charge in [0.05, 0.1) is 23.4 Å². The Hall–Kier alpha value is -2.89. The molecule has 3 heterocycles. The van der Waals surface area contributed by atoms with Crippen molar-refractivity contribution >= 4 is 17.6 Å². The fourth-order valence-electron chi connectivity index (χ4n) is 2.89. The molecule has 0 spiro atoms. The second kappa shape index (κ2) is 4.56. The highest BCUT2D eigenvalue weighted by Gasteiger charge is 2.42. The number of fused-ring (bicyclic) bond motifs is 1. The summed E-state index contributed by atoms with van der Waals surface area (Å²) in [5, 5.41) is 9.87. The average Bonchev–Trinajstić information content (AvgIpc) is 3.12. The summed E-state index contributed by atoms with van der Waals surface area (Å²) in [6, 6.07) is 7.32. The van der Waals surface area contributed by atoms with Gasteiger partial charge in [-0.3, -0.25) is 9.89 Å². The lowest BCUT2D eigenvalue weighted by Gasteiger charge is -2.22. The molecule has 1 unspecified atom stereocenters. The van der Waals surface area contributed by atoms with E-state index in [0.717, 1.165) is 5.56 Å². The first kappa shape index (κ1) is 12.8. The first-order chi connectivity index (χ1) is 10.6. The fraction of sp³-hybridized carbons (Fsp3) is 0.188. The lowest BCUT2D eigenvalue weighted by Crippen LogP contribution is -2.24. The number of H-pyrrole nitrogens is 1. The van der Waals surface area contributed by atoms with Crippen LogP contribution < -0.4 is 5.32 Å². The molecule has 2 aromatic rings. The number of carbonyl (C=O) groups is 2. The molecule has 0 aliphatic carbocycles. The van der Waals surface area contributed by atoms with E-state index in [9.17, 15) is 9.59 Å². The maximum Gasteiger partial charge on any atom is 0.337 e. The standard InChI is InChI=1S/C16H13N3O3/c1-8-2-4-9(5-3-8)14(20)12-10-6-17-19-15(10)18-11-7-22-16(21)13(11)12/h2-6,12H,7H2,1H3,(H2,17,18,19). The molecule has 0 radical (unpaired) electrons. The Morgan fingerprint density at radius 1 is 1.32 bits per heavy atom. The molecule has 1 aromatic carbocycles. The van der Waals surface area contributed by atoms with Gasteiger partial charge in [0.25, 0.3) is 0 Å². The van der Waals surface area contributed by atoms with Crippen molar-refractivity contribution in [3.8, 4) is 0 Å². The molecule has 0 saturated heterocycles. The van der Waals surface area contributed by atoms with Crippen LogP contribution in [0.25, 0.3) is 0 Å². The predicted octanol–water partition coefficient (Wildman–Crippen LogP) is 1.92. The summed E-state index contributed by atoms with van der Waals surface area (Å²) in [5.41, 5.74) is 3.33. The second-order valence-corrected chi connectivity index (χ2v) is 5.46. The van der Waals surface area contributed by atoms with Crippen LogP contribution in [0, 0.1) is 6.92 Å². The maximum absolute atomic E-state index is 12.9. The number of hydrogen-bond acceptors (Lipinski definition) is 5. The van der Waals surface area contributed by atoms with Gasteiger partial charge in [-0.2, -0.15) is 5.10 Å². The number of hydrogen-bond donors (Lipinski definition) is 2. The van der Waals surface area contributed by atoms with Crippen molar-refractivity contribution in [1.82, 2.24) is 10.2 Å². The van der Waals surface area contributed by atoms with Gasteiger partial charge in [0.2, 0.25) is 0 Å². The van der Waals surface area contributed by atoms with E-state index in [2.05, 4.69) is 15.5 Å². The number of aromatic amines is 1. The summed E-state index contributed by atoms with van der Waals surface area (Å²) in [5.74, 6) is -0.611. The summed E-state index contributed by atoms with van der Waals surface area (Å²) >= 11 is 0. The Labute approximate surface area is 126 Å². The van der Waals surface area contributed by atoms with Crippen molar-refractivity contribution < 1.29 is 14.3 Å². The first-order valence-corrected chi connectivity index (χ1v) is 6.96. The van der Waals surface area contributed by atoms with Crippen LogP contribution in [0.5, 0.6) is 0 Å². The molecule has 6 nitrogen and oxygen atoms in total. The quantitative estimate of drug-likeness (QED) is 0.653. The first-order valence-electron chi connectivity index (χ1n) is 6.96. The molecule has 0 bridgehead atoms. The van der Waals surface area contributed by atoms with E-state index in [0.29, 0.717) is 28.2 Å². The van der Waals surface area contributed by atoms with E-state index in [-0.39, 0.29) is 12.4 Å². The highest BCUT2D eigenvalue weighted by molar-refractivity contribution is 6.11. The monoisotopic (exact) mass is 295 g/mol. The summed E-state index contributed by atoms with van der Waals surface area (Å²) in [6.07, 6.45) is 1.58. The smallest absolute Gasteiger partial charge is 0.337 e. The molecule has 22 heavy (non-hydrogen) atoms. The Morgan fingerprint density at radius 3 is 2.86 bits per heavy atom. The van der Waals surface area contributed by atoms with Gasteiger partial charge < -0.3 is 10.1 Å². The molecule has 0 saturated carbocycles. The third-order valence-electron chi connectivity index (χ3n) is 4.04. The van der Waals surface area contributed by atoms with E-state index < -0.39 is 11.9 Å². The molecule has 1 atom stereocenters. The summed E-state index contributed by atoms with van der Waals surface area (Å²) in [4.78, 5) is 25.0. The third kappa shape index (κ3) is 1.77. The minimum atomic E-state index is -0.678. The van der Waals surface area contributed by atoms with Crippen molar-refractivity contribution in [2.24, 2.45) is 0 Å². The van der Waals surface area contributed by atoms with E-state index in [1.165, 1.54) is 0 Å². The van der Waals surface area contributed by atoms with Gasteiger partial charge in [-0.1, -0.05) is 29.8 Å². The SMILES string of the molecule is Cc1ccc(C(=O)C2C3=C(COC3=O)Nc3[nH]ncc32)cc1. The van der Waals surface area contributed by atoms with Crippen molar-refractivity contribution in [2.45, 2.75) is 12.8 Å². The minimum absolute atomic E-state index is 0.129. The highest BCUT2D eigenvalue weighted by atomic mass is 16.5. The number of cyclic esters (lactones) is 1. The van der Waals surface area contributed by atoms with Crippen LogP contribution in [0.2, 0.25) is 0 Å². The number of ketones is 1. The zero-order chi connectivity index (χ0) is 15.3. The van der Waals surface area contributed by atoms with Crippen LogP contribution in [0.15, 0.2) is 41.7 Å². The molecule has 0 amide bonds. The Kier molecular flexibility index (Phi) is 2.66. The van der Waals surface area contributed by atoms with Crippen molar-refractivity contribution in [1.29, 1.82) is 0 Å². The van der Waals surface area contributed by atoms with Gasteiger partial charge >= 0.3 is 5.97 Å². The van der Waals surface area contributed by atoms with Crippen LogP contribution in [0.3, 0.4) is 0 Å². The Bertz CT molecular complexity index is 817. The number of nitrogens with zero attached hydrogens (tertiary/aromatic N) is 1. The van der Waals surface area contributed by atoms with E-state index in [1.807, 2.05) is 19.1 Å². The largest absolute Gasteiger partial charge is 0.456 e. The number of aryl methyl sites for hydroxylation is 1. The van der Waals surface area contributed by atoms with E-state index >= 15 is 0 Å². The molecular formula is C16H13N3O3. The minimum Gasteiger partial charge on any atom is -0.456 e. The van der Waals surface area contributed by atoms with Crippen LogP contribution in [-0.4, -0.2) is 28.6 Å². The van der Waals surface area contributed by atoms with E-state index in [1.54, 1.807) is 18.3 Å². The number of benzene rings is 1. The number of anilines is 1. The van der Waals surface area contributed by atoms with Gasteiger partial charge in [-0.15, -0.1) is 0 Å². The van der Waals surface area contributed by atoms with Crippen molar-refractivity contribution in [3.05, 3.63) is 58.4 Å². The Balaban J connectivity index is 1.83.